The van der Waals surface area contributed by atoms with E-state index in [-0.39, 0.29) is 0 Å². The standard InChI is InChI=1S/C19H32N2O4Si/c1-13(2)9-7-10-14(3)11-8-12-15-16(17(15)26(4,5)6)21(19(24)25)20-18(22)23/h9,11,16,20H,7-8,10,12H2,1-6H3,(H,22,23)(H,24,25)/b14-11+. The van der Waals surface area contributed by atoms with E-state index in [0.29, 0.717) is 0 Å². The van der Waals surface area contributed by atoms with E-state index >= 15 is 0 Å². The molecule has 1 rings (SSSR count). The van der Waals surface area contributed by atoms with Gasteiger partial charge in [0.1, 0.15) is 0 Å². The average molecular weight is 381 g/mol. The predicted octanol–water partition coefficient (Wildman–Crippen LogP) is 5.18. The summed E-state index contributed by atoms with van der Waals surface area (Å²) >= 11 is 0. The third kappa shape index (κ3) is 6.71. The Hall–Kier alpha value is -2.02. The maximum atomic E-state index is 11.5. The first-order valence-electron chi connectivity index (χ1n) is 8.99. The third-order valence-electron chi connectivity index (χ3n) is 4.35. The summed E-state index contributed by atoms with van der Waals surface area (Å²) in [6.45, 7) is 12.8. The van der Waals surface area contributed by atoms with E-state index in [4.69, 9.17) is 5.11 Å². The van der Waals surface area contributed by atoms with E-state index < -0.39 is 26.3 Å². The highest BCUT2D eigenvalue weighted by atomic mass is 28.3. The Bertz CT molecular complexity index is 640. The lowest BCUT2D eigenvalue weighted by Crippen LogP contribution is -2.49. The second-order valence-electron chi connectivity index (χ2n) is 8.07. The summed E-state index contributed by atoms with van der Waals surface area (Å²) in [5, 5.41) is 20.3. The molecule has 1 atom stereocenters. The highest BCUT2D eigenvalue weighted by molar-refractivity contribution is 6.84. The maximum Gasteiger partial charge on any atom is 0.427 e. The summed E-state index contributed by atoms with van der Waals surface area (Å²) in [5.74, 6) is 0. The Morgan fingerprint density at radius 3 is 2.19 bits per heavy atom. The molecule has 1 aliphatic rings. The molecule has 0 fully saturated rings. The molecule has 0 bridgehead atoms. The van der Waals surface area contributed by atoms with Crippen molar-refractivity contribution < 1.29 is 19.8 Å². The Morgan fingerprint density at radius 2 is 1.73 bits per heavy atom. The van der Waals surface area contributed by atoms with Crippen molar-refractivity contribution in [3.05, 3.63) is 34.1 Å². The Morgan fingerprint density at radius 1 is 1.12 bits per heavy atom. The molecule has 6 nitrogen and oxygen atoms in total. The molecule has 3 N–H and O–H groups in total. The zero-order valence-corrected chi connectivity index (χ0v) is 17.7. The number of hydrogen-bond donors (Lipinski definition) is 3. The Balaban J connectivity index is 2.75. The van der Waals surface area contributed by atoms with E-state index in [9.17, 15) is 14.7 Å². The van der Waals surface area contributed by atoms with Gasteiger partial charge in [-0.2, -0.15) is 0 Å². The van der Waals surface area contributed by atoms with Crippen molar-refractivity contribution in [2.24, 2.45) is 0 Å². The summed E-state index contributed by atoms with van der Waals surface area (Å²) in [5.41, 5.74) is 5.75. The number of rotatable bonds is 8. The molecule has 0 aliphatic heterocycles. The normalized spacial score (nSPS) is 17.0. The van der Waals surface area contributed by atoms with E-state index in [2.05, 4.69) is 52.6 Å². The lowest BCUT2D eigenvalue weighted by Gasteiger charge is -2.22. The highest BCUT2D eigenvalue weighted by Crippen LogP contribution is 2.45. The molecular weight excluding hydrogens is 348 g/mol. The van der Waals surface area contributed by atoms with Gasteiger partial charge in [0, 0.05) is 0 Å². The van der Waals surface area contributed by atoms with Gasteiger partial charge in [0.05, 0.1) is 14.1 Å². The van der Waals surface area contributed by atoms with E-state index in [1.165, 1.54) is 11.1 Å². The summed E-state index contributed by atoms with van der Waals surface area (Å²) in [6, 6.07) is -0.408. The second-order valence-corrected chi connectivity index (χ2v) is 13.1. The SMILES string of the molecule is CC(C)=CCC/C(C)=C/CCC1=C([Si](C)(C)C)C1N(NC(=O)O)C(=O)O. The zero-order chi connectivity index (χ0) is 20.1. The van der Waals surface area contributed by atoms with Crippen LogP contribution in [0.3, 0.4) is 0 Å². The number of nitrogens with one attached hydrogen (secondary N) is 1. The number of hydrogen-bond acceptors (Lipinski definition) is 2. The van der Waals surface area contributed by atoms with Gasteiger partial charge in [-0.3, -0.25) is 0 Å². The van der Waals surface area contributed by atoms with Crippen LogP contribution in [0.2, 0.25) is 19.6 Å². The molecule has 0 spiro atoms. The minimum atomic E-state index is -1.71. The van der Waals surface area contributed by atoms with Crippen LogP contribution in [0.4, 0.5) is 9.59 Å². The Labute approximate surface area is 157 Å². The first kappa shape index (κ1) is 22.0. The van der Waals surface area contributed by atoms with Crippen LogP contribution in [0.5, 0.6) is 0 Å². The van der Waals surface area contributed by atoms with Gasteiger partial charge in [-0.25, -0.2) is 20.0 Å². The van der Waals surface area contributed by atoms with Gasteiger partial charge in [-0.15, -0.1) is 0 Å². The molecule has 0 radical (unpaired) electrons. The van der Waals surface area contributed by atoms with Crippen molar-refractivity contribution in [1.29, 1.82) is 0 Å². The lowest BCUT2D eigenvalue weighted by atomic mass is 10.1. The van der Waals surface area contributed by atoms with Gasteiger partial charge in [0.15, 0.2) is 0 Å². The van der Waals surface area contributed by atoms with E-state index in [1.807, 2.05) is 5.43 Å². The monoisotopic (exact) mass is 380 g/mol. The predicted molar refractivity (Wildman–Crippen MR) is 107 cm³/mol. The van der Waals surface area contributed by atoms with Gasteiger partial charge in [-0.1, -0.05) is 48.1 Å². The minimum absolute atomic E-state index is 0.408. The average Bonchev–Trinajstić information content (AvgIpc) is 3.18. The van der Waals surface area contributed by atoms with Gasteiger partial charge in [0.25, 0.3) is 0 Å². The molecule has 0 aromatic carbocycles. The fraction of sp³-hybridized carbons (Fsp3) is 0.579. The number of allylic oxidation sites excluding steroid dienone is 4. The number of hydrazine groups is 1. The number of amides is 2. The summed E-state index contributed by atoms with van der Waals surface area (Å²) in [7, 11) is -1.71. The first-order valence-corrected chi connectivity index (χ1v) is 12.5. The molecule has 0 saturated heterocycles. The maximum absolute atomic E-state index is 11.5. The van der Waals surface area contributed by atoms with Crippen LogP contribution in [0.1, 0.15) is 46.5 Å². The van der Waals surface area contributed by atoms with Crippen molar-refractivity contribution in [1.82, 2.24) is 10.4 Å². The van der Waals surface area contributed by atoms with Crippen LogP contribution in [0.25, 0.3) is 0 Å². The van der Waals surface area contributed by atoms with Crippen LogP contribution in [-0.4, -0.2) is 41.5 Å². The molecule has 1 aliphatic carbocycles. The molecule has 0 saturated carbocycles. The molecule has 0 heterocycles. The number of carbonyl (C=O) groups is 2. The zero-order valence-electron chi connectivity index (χ0n) is 16.7. The summed E-state index contributed by atoms with van der Waals surface area (Å²) in [6.07, 6.45) is 5.49. The molecule has 1 unspecified atom stereocenters. The molecule has 7 heteroatoms. The molecule has 146 valence electrons. The van der Waals surface area contributed by atoms with E-state index in [0.717, 1.165) is 41.5 Å². The quantitative estimate of drug-likeness (QED) is 0.307. The van der Waals surface area contributed by atoms with Gasteiger partial charge < -0.3 is 10.2 Å². The molecular formula is C19H32N2O4Si. The second kappa shape index (κ2) is 9.07. The van der Waals surface area contributed by atoms with Crippen LogP contribution >= 0.6 is 0 Å². The molecule has 0 aromatic heterocycles. The topological polar surface area (TPSA) is 89.9 Å². The van der Waals surface area contributed by atoms with Crippen molar-refractivity contribution in [2.45, 2.75) is 72.1 Å². The third-order valence-corrected chi connectivity index (χ3v) is 6.56. The number of nitrogens with zero attached hydrogens (tertiary/aromatic N) is 1. The van der Waals surface area contributed by atoms with Crippen LogP contribution in [0, 0.1) is 0 Å². The molecule has 0 aromatic rings. The van der Waals surface area contributed by atoms with Crippen LogP contribution < -0.4 is 5.43 Å². The van der Waals surface area contributed by atoms with Crippen molar-refractivity contribution in [3.63, 3.8) is 0 Å². The van der Waals surface area contributed by atoms with Crippen molar-refractivity contribution >= 4 is 20.3 Å². The summed E-state index contributed by atoms with van der Waals surface area (Å²) < 4.78 is 0. The van der Waals surface area contributed by atoms with E-state index in [1.54, 1.807) is 0 Å². The Kier molecular flexibility index (Phi) is 7.68. The van der Waals surface area contributed by atoms with Gasteiger partial charge in [0.2, 0.25) is 0 Å². The summed E-state index contributed by atoms with van der Waals surface area (Å²) in [4.78, 5) is 22.4. The number of carboxylic acid groups (broad SMARTS) is 2. The lowest BCUT2D eigenvalue weighted by molar-refractivity contribution is 0.108. The van der Waals surface area contributed by atoms with Gasteiger partial charge >= 0.3 is 12.2 Å². The molecule has 2 amide bonds. The van der Waals surface area contributed by atoms with Crippen molar-refractivity contribution in [2.75, 3.05) is 0 Å². The van der Waals surface area contributed by atoms with Crippen molar-refractivity contribution in [3.8, 4) is 0 Å². The minimum Gasteiger partial charge on any atom is -0.464 e. The van der Waals surface area contributed by atoms with Gasteiger partial charge in [-0.05, 0) is 52.0 Å². The first-order chi connectivity index (χ1) is 11.9. The fourth-order valence-electron chi connectivity index (χ4n) is 3.19. The fourth-order valence-corrected chi connectivity index (χ4v) is 5.47. The molecule has 26 heavy (non-hydrogen) atoms. The largest absolute Gasteiger partial charge is 0.464 e. The van der Waals surface area contributed by atoms with Crippen LogP contribution in [0.15, 0.2) is 34.1 Å². The highest BCUT2D eigenvalue weighted by Gasteiger charge is 2.49. The smallest absolute Gasteiger partial charge is 0.427 e. The van der Waals surface area contributed by atoms with Crippen LogP contribution in [-0.2, 0) is 0 Å².